The molecule has 106 valence electrons. The highest BCUT2D eigenvalue weighted by Gasteiger charge is 2.02. The molecule has 0 spiro atoms. The van der Waals surface area contributed by atoms with Crippen LogP contribution in [0.2, 0.25) is 0 Å². The SMILES string of the molecule is CNC(=O)CCN(C)CCCOc1ccc(N)cc1. The van der Waals surface area contributed by atoms with Crippen molar-refractivity contribution in [3.05, 3.63) is 24.3 Å². The Morgan fingerprint density at radius 2 is 2.00 bits per heavy atom. The number of amides is 1. The molecule has 0 bridgehead atoms. The van der Waals surface area contributed by atoms with Gasteiger partial charge in [0.25, 0.3) is 0 Å². The summed E-state index contributed by atoms with van der Waals surface area (Å²) in [5, 5.41) is 2.61. The minimum absolute atomic E-state index is 0.0741. The van der Waals surface area contributed by atoms with Crippen LogP contribution in [0.15, 0.2) is 24.3 Å². The zero-order chi connectivity index (χ0) is 14.1. The molecule has 3 N–H and O–H groups in total. The number of rotatable bonds is 8. The molecular weight excluding hydrogens is 242 g/mol. The van der Waals surface area contributed by atoms with Gasteiger partial charge in [-0.1, -0.05) is 0 Å². The van der Waals surface area contributed by atoms with E-state index >= 15 is 0 Å². The summed E-state index contributed by atoms with van der Waals surface area (Å²) in [6, 6.07) is 7.38. The summed E-state index contributed by atoms with van der Waals surface area (Å²) < 4.78 is 5.60. The van der Waals surface area contributed by atoms with Gasteiger partial charge in [-0.15, -0.1) is 0 Å². The van der Waals surface area contributed by atoms with Crippen molar-refractivity contribution in [1.29, 1.82) is 0 Å². The van der Waals surface area contributed by atoms with Crippen molar-refractivity contribution >= 4 is 11.6 Å². The second kappa shape index (κ2) is 8.37. The van der Waals surface area contributed by atoms with E-state index in [-0.39, 0.29) is 5.91 Å². The van der Waals surface area contributed by atoms with E-state index in [2.05, 4.69) is 10.2 Å². The van der Waals surface area contributed by atoms with Crippen molar-refractivity contribution < 1.29 is 9.53 Å². The highest BCUT2D eigenvalue weighted by atomic mass is 16.5. The molecule has 0 aromatic heterocycles. The molecule has 19 heavy (non-hydrogen) atoms. The Labute approximate surface area is 114 Å². The van der Waals surface area contributed by atoms with E-state index < -0.39 is 0 Å². The van der Waals surface area contributed by atoms with Gasteiger partial charge in [-0.2, -0.15) is 0 Å². The molecule has 0 aliphatic carbocycles. The summed E-state index contributed by atoms with van der Waals surface area (Å²) in [5.41, 5.74) is 6.33. The largest absolute Gasteiger partial charge is 0.494 e. The van der Waals surface area contributed by atoms with Crippen molar-refractivity contribution in [2.45, 2.75) is 12.8 Å². The average molecular weight is 265 g/mol. The minimum atomic E-state index is 0.0741. The molecule has 0 unspecified atom stereocenters. The number of nitrogen functional groups attached to an aromatic ring is 1. The van der Waals surface area contributed by atoms with E-state index in [0.717, 1.165) is 30.9 Å². The summed E-state index contributed by atoms with van der Waals surface area (Å²) in [6.07, 6.45) is 1.46. The third-order valence-electron chi connectivity index (χ3n) is 2.83. The lowest BCUT2D eigenvalue weighted by atomic mass is 10.3. The van der Waals surface area contributed by atoms with Gasteiger partial charge in [0.1, 0.15) is 5.75 Å². The molecule has 1 rings (SSSR count). The topological polar surface area (TPSA) is 67.6 Å². The maximum absolute atomic E-state index is 11.1. The van der Waals surface area contributed by atoms with Gasteiger partial charge >= 0.3 is 0 Å². The average Bonchev–Trinajstić information content (AvgIpc) is 2.42. The molecule has 0 saturated carbocycles. The Bertz CT molecular complexity index is 379. The molecule has 1 amide bonds. The van der Waals surface area contributed by atoms with Crippen molar-refractivity contribution in [1.82, 2.24) is 10.2 Å². The van der Waals surface area contributed by atoms with Crippen LogP contribution < -0.4 is 15.8 Å². The van der Waals surface area contributed by atoms with Gasteiger partial charge in [0.05, 0.1) is 6.61 Å². The smallest absolute Gasteiger partial charge is 0.221 e. The number of nitrogens with one attached hydrogen (secondary N) is 1. The lowest BCUT2D eigenvalue weighted by Gasteiger charge is -2.16. The standard InChI is InChI=1S/C14H23N3O2/c1-16-14(18)8-10-17(2)9-3-11-19-13-6-4-12(15)5-7-13/h4-7H,3,8-11,15H2,1-2H3,(H,16,18). The summed E-state index contributed by atoms with van der Waals surface area (Å²) in [5.74, 6) is 0.909. The first-order valence-corrected chi connectivity index (χ1v) is 6.49. The maximum Gasteiger partial charge on any atom is 0.221 e. The molecule has 1 aromatic carbocycles. The molecule has 1 aromatic rings. The first kappa shape index (κ1) is 15.3. The Morgan fingerprint density at radius 1 is 1.32 bits per heavy atom. The number of carbonyl (C=O) groups is 1. The Hall–Kier alpha value is -1.75. The van der Waals surface area contributed by atoms with E-state index in [9.17, 15) is 4.79 Å². The van der Waals surface area contributed by atoms with E-state index in [0.29, 0.717) is 13.0 Å². The van der Waals surface area contributed by atoms with Crippen LogP contribution in [0.4, 0.5) is 5.69 Å². The third-order valence-corrected chi connectivity index (χ3v) is 2.83. The van der Waals surface area contributed by atoms with Gasteiger partial charge in [-0.3, -0.25) is 4.79 Å². The lowest BCUT2D eigenvalue weighted by Crippen LogP contribution is -2.27. The van der Waals surface area contributed by atoms with Crippen LogP contribution >= 0.6 is 0 Å². The quantitative estimate of drug-likeness (QED) is 0.546. The van der Waals surface area contributed by atoms with Gasteiger partial charge in [0.15, 0.2) is 0 Å². The second-order valence-corrected chi connectivity index (χ2v) is 4.50. The molecule has 5 heteroatoms. The van der Waals surface area contributed by atoms with E-state index in [1.807, 2.05) is 31.3 Å². The van der Waals surface area contributed by atoms with E-state index in [4.69, 9.17) is 10.5 Å². The molecule has 0 heterocycles. The molecule has 0 radical (unpaired) electrons. The van der Waals surface area contributed by atoms with Gasteiger partial charge in [-0.25, -0.2) is 0 Å². The fraction of sp³-hybridized carbons (Fsp3) is 0.500. The summed E-state index contributed by atoms with van der Waals surface area (Å²) >= 11 is 0. The summed E-state index contributed by atoms with van der Waals surface area (Å²) in [6.45, 7) is 2.34. The Balaban J connectivity index is 2.10. The van der Waals surface area contributed by atoms with Crippen molar-refractivity contribution in [3.8, 4) is 5.75 Å². The van der Waals surface area contributed by atoms with Crippen molar-refractivity contribution in [2.75, 3.05) is 39.5 Å². The number of nitrogens with two attached hydrogens (primary N) is 1. The number of carbonyl (C=O) groups excluding carboxylic acids is 1. The van der Waals surface area contributed by atoms with Crippen LogP contribution in [0, 0.1) is 0 Å². The number of hydrogen-bond acceptors (Lipinski definition) is 4. The normalized spacial score (nSPS) is 10.5. The first-order valence-electron chi connectivity index (χ1n) is 6.49. The van der Waals surface area contributed by atoms with Crippen LogP contribution in [-0.2, 0) is 4.79 Å². The predicted molar refractivity (Wildman–Crippen MR) is 77.1 cm³/mol. The number of nitrogens with zero attached hydrogens (tertiary/aromatic N) is 1. The molecule has 0 atom stereocenters. The maximum atomic E-state index is 11.1. The molecule has 0 fully saturated rings. The number of hydrogen-bond donors (Lipinski definition) is 2. The zero-order valence-electron chi connectivity index (χ0n) is 11.7. The Morgan fingerprint density at radius 3 is 2.63 bits per heavy atom. The molecular formula is C14H23N3O2. The summed E-state index contributed by atoms with van der Waals surface area (Å²) in [7, 11) is 3.66. The zero-order valence-corrected chi connectivity index (χ0v) is 11.7. The highest BCUT2D eigenvalue weighted by molar-refractivity contribution is 5.75. The predicted octanol–water partition coefficient (Wildman–Crippen LogP) is 1.11. The van der Waals surface area contributed by atoms with Gasteiger partial charge < -0.3 is 20.7 Å². The van der Waals surface area contributed by atoms with Crippen LogP contribution in [0.25, 0.3) is 0 Å². The number of benzene rings is 1. The van der Waals surface area contributed by atoms with Crippen LogP contribution in [-0.4, -0.2) is 44.6 Å². The monoisotopic (exact) mass is 265 g/mol. The minimum Gasteiger partial charge on any atom is -0.494 e. The highest BCUT2D eigenvalue weighted by Crippen LogP contribution is 2.13. The number of ether oxygens (including phenoxy) is 1. The van der Waals surface area contributed by atoms with Crippen molar-refractivity contribution in [3.63, 3.8) is 0 Å². The lowest BCUT2D eigenvalue weighted by molar-refractivity contribution is -0.120. The van der Waals surface area contributed by atoms with Gasteiger partial charge in [-0.05, 0) is 37.7 Å². The van der Waals surface area contributed by atoms with Crippen LogP contribution in [0.3, 0.4) is 0 Å². The summed E-state index contributed by atoms with van der Waals surface area (Å²) in [4.78, 5) is 13.2. The van der Waals surface area contributed by atoms with E-state index in [1.165, 1.54) is 0 Å². The molecule has 0 aliphatic rings. The molecule has 0 saturated heterocycles. The fourth-order valence-corrected chi connectivity index (χ4v) is 1.62. The Kier molecular flexibility index (Phi) is 6.74. The van der Waals surface area contributed by atoms with Crippen molar-refractivity contribution in [2.24, 2.45) is 0 Å². The van der Waals surface area contributed by atoms with Crippen LogP contribution in [0.5, 0.6) is 5.75 Å². The second-order valence-electron chi connectivity index (χ2n) is 4.50. The molecule has 5 nitrogen and oxygen atoms in total. The molecule has 0 aliphatic heterocycles. The van der Waals surface area contributed by atoms with Crippen LogP contribution in [0.1, 0.15) is 12.8 Å². The fourth-order valence-electron chi connectivity index (χ4n) is 1.62. The van der Waals surface area contributed by atoms with Gasteiger partial charge in [0.2, 0.25) is 5.91 Å². The third kappa shape index (κ3) is 6.67. The van der Waals surface area contributed by atoms with E-state index in [1.54, 1.807) is 7.05 Å². The first-order chi connectivity index (χ1) is 9.11. The van der Waals surface area contributed by atoms with Gasteiger partial charge in [0, 0.05) is 32.2 Å². The number of anilines is 1.